The van der Waals surface area contributed by atoms with Gasteiger partial charge in [-0.05, 0) is 25.7 Å². The fraction of sp³-hybridized carbons (Fsp3) is 0.833. The number of rotatable bonds is 6. The van der Waals surface area contributed by atoms with Gasteiger partial charge in [-0.2, -0.15) is 0 Å². The van der Waals surface area contributed by atoms with Crippen molar-refractivity contribution in [3.8, 4) is 0 Å². The first-order valence-corrected chi connectivity index (χ1v) is 6.62. The van der Waals surface area contributed by atoms with E-state index in [4.69, 9.17) is 5.11 Å². The van der Waals surface area contributed by atoms with Crippen molar-refractivity contribution in [2.24, 2.45) is 5.92 Å². The van der Waals surface area contributed by atoms with Gasteiger partial charge in [-0.25, -0.2) is 9.80 Å². The summed E-state index contributed by atoms with van der Waals surface area (Å²) < 4.78 is 0. The number of nitrogens with zero attached hydrogens (tertiary/aromatic N) is 1. The maximum Gasteiger partial charge on any atom is 0.329 e. The zero-order valence-corrected chi connectivity index (χ0v) is 10.9. The van der Waals surface area contributed by atoms with E-state index in [1.54, 1.807) is 6.92 Å². The molecule has 1 atom stereocenters. The van der Waals surface area contributed by atoms with Gasteiger partial charge in [0.25, 0.3) is 0 Å². The van der Waals surface area contributed by atoms with E-state index >= 15 is 0 Å². The lowest BCUT2D eigenvalue weighted by atomic mass is 10.1. The molecule has 1 aliphatic rings. The summed E-state index contributed by atoms with van der Waals surface area (Å²) in [4.78, 5) is 22.1. The maximum atomic E-state index is 11.5. The highest BCUT2D eigenvalue weighted by Gasteiger charge is 2.13. The van der Waals surface area contributed by atoms with E-state index in [2.05, 4.69) is 10.7 Å². The van der Waals surface area contributed by atoms with Crippen molar-refractivity contribution < 1.29 is 14.7 Å². The molecule has 0 aromatic heterocycles. The summed E-state index contributed by atoms with van der Waals surface area (Å²) in [7, 11) is 0. The minimum Gasteiger partial charge on any atom is -0.481 e. The molecule has 3 N–H and O–H groups in total. The van der Waals surface area contributed by atoms with Gasteiger partial charge >= 0.3 is 12.0 Å². The quantitative estimate of drug-likeness (QED) is 0.624. The normalized spacial score (nSPS) is 18.1. The van der Waals surface area contributed by atoms with Gasteiger partial charge in [0.1, 0.15) is 0 Å². The fourth-order valence-corrected chi connectivity index (χ4v) is 1.92. The number of carbonyl (C=O) groups excluding carboxylic acids is 1. The number of amides is 2. The lowest BCUT2D eigenvalue weighted by Gasteiger charge is -2.26. The van der Waals surface area contributed by atoms with Crippen LogP contribution in [0.2, 0.25) is 0 Å². The molecule has 0 aromatic rings. The molecule has 0 aromatic carbocycles. The molecule has 2 amide bonds. The van der Waals surface area contributed by atoms with Crippen LogP contribution in [0.1, 0.15) is 39.0 Å². The number of carboxylic acid groups (broad SMARTS) is 1. The Hall–Kier alpha value is -1.30. The van der Waals surface area contributed by atoms with Crippen LogP contribution in [0.3, 0.4) is 0 Å². The molecule has 1 aliphatic heterocycles. The third-order valence-corrected chi connectivity index (χ3v) is 3.14. The Labute approximate surface area is 108 Å². The molecule has 1 unspecified atom stereocenters. The summed E-state index contributed by atoms with van der Waals surface area (Å²) in [6.45, 7) is 4.00. The minimum atomic E-state index is -0.784. The SMILES string of the molecule is CC(CCCNC(=O)NN1CCCCC1)C(=O)O. The second-order valence-corrected chi connectivity index (χ2v) is 4.80. The molecule has 6 nitrogen and oxygen atoms in total. The van der Waals surface area contributed by atoms with E-state index in [1.165, 1.54) is 6.42 Å². The first-order chi connectivity index (χ1) is 8.59. The molecule has 6 heteroatoms. The van der Waals surface area contributed by atoms with Crippen LogP contribution in [-0.4, -0.2) is 41.8 Å². The van der Waals surface area contributed by atoms with Gasteiger partial charge in [-0.15, -0.1) is 0 Å². The lowest BCUT2D eigenvalue weighted by Crippen LogP contribution is -2.49. The number of hydrogen-bond acceptors (Lipinski definition) is 3. The van der Waals surface area contributed by atoms with E-state index < -0.39 is 5.97 Å². The van der Waals surface area contributed by atoms with E-state index in [0.29, 0.717) is 19.4 Å². The number of urea groups is 1. The van der Waals surface area contributed by atoms with Gasteiger partial charge in [0.2, 0.25) is 0 Å². The van der Waals surface area contributed by atoms with Gasteiger partial charge < -0.3 is 10.4 Å². The Morgan fingerprint density at radius 2 is 1.94 bits per heavy atom. The van der Waals surface area contributed by atoms with E-state index in [9.17, 15) is 9.59 Å². The van der Waals surface area contributed by atoms with Crippen molar-refractivity contribution in [2.45, 2.75) is 39.0 Å². The smallest absolute Gasteiger partial charge is 0.329 e. The number of aliphatic carboxylic acids is 1. The van der Waals surface area contributed by atoms with Crippen LogP contribution < -0.4 is 10.7 Å². The van der Waals surface area contributed by atoms with Crippen LogP contribution in [0.4, 0.5) is 4.79 Å². The number of hydrazine groups is 1. The molecule has 104 valence electrons. The predicted molar refractivity (Wildman–Crippen MR) is 68.0 cm³/mol. The molecule has 0 saturated carbocycles. The van der Waals surface area contributed by atoms with Crippen molar-refractivity contribution in [1.82, 2.24) is 15.8 Å². The molecule has 1 heterocycles. The van der Waals surface area contributed by atoms with Crippen LogP contribution in [0.5, 0.6) is 0 Å². The van der Waals surface area contributed by atoms with Gasteiger partial charge in [0, 0.05) is 19.6 Å². The summed E-state index contributed by atoms with van der Waals surface area (Å²) in [6.07, 6.45) is 4.74. The highest BCUT2D eigenvalue weighted by Crippen LogP contribution is 2.06. The summed E-state index contributed by atoms with van der Waals surface area (Å²) in [6, 6.07) is -0.195. The monoisotopic (exact) mass is 257 g/mol. The largest absolute Gasteiger partial charge is 0.481 e. The molecule has 18 heavy (non-hydrogen) atoms. The Kier molecular flexibility index (Phi) is 6.49. The van der Waals surface area contributed by atoms with Gasteiger partial charge in [0.05, 0.1) is 5.92 Å². The molecule has 0 radical (unpaired) electrons. The summed E-state index contributed by atoms with van der Waals surface area (Å²) in [5.74, 6) is -1.13. The molecular weight excluding hydrogens is 234 g/mol. The maximum absolute atomic E-state index is 11.5. The predicted octanol–water partition coefficient (Wildman–Crippen LogP) is 1.19. The molecule has 1 rings (SSSR count). The average molecular weight is 257 g/mol. The minimum absolute atomic E-state index is 0.195. The van der Waals surface area contributed by atoms with Crippen molar-refractivity contribution >= 4 is 12.0 Å². The van der Waals surface area contributed by atoms with Crippen LogP contribution in [0, 0.1) is 5.92 Å². The topological polar surface area (TPSA) is 81.7 Å². The Morgan fingerprint density at radius 3 is 2.56 bits per heavy atom. The first-order valence-electron chi connectivity index (χ1n) is 6.62. The van der Waals surface area contributed by atoms with Crippen molar-refractivity contribution in [2.75, 3.05) is 19.6 Å². The molecule has 0 spiro atoms. The Morgan fingerprint density at radius 1 is 1.28 bits per heavy atom. The van der Waals surface area contributed by atoms with Gasteiger partial charge in [-0.3, -0.25) is 10.2 Å². The molecule has 0 bridgehead atoms. The molecule has 1 fully saturated rings. The van der Waals surface area contributed by atoms with Crippen LogP contribution in [0.25, 0.3) is 0 Å². The second kappa shape index (κ2) is 7.92. The number of hydrogen-bond donors (Lipinski definition) is 3. The number of nitrogens with one attached hydrogen (secondary N) is 2. The standard InChI is InChI=1S/C12H23N3O3/c1-10(11(16)17)6-5-7-13-12(18)14-15-8-3-2-4-9-15/h10H,2-9H2,1H3,(H,16,17)(H2,13,14,18). The average Bonchev–Trinajstić information content (AvgIpc) is 2.35. The summed E-state index contributed by atoms with van der Waals surface area (Å²) >= 11 is 0. The molecule has 1 saturated heterocycles. The second-order valence-electron chi connectivity index (χ2n) is 4.80. The fourth-order valence-electron chi connectivity index (χ4n) is 1.92. The Bertz CT molecular complexity index is 278. The van der Waals surface area contributed by atoms with E-state index in [1.807, 2.05) is 5.01 Å². The van der Waals surface area contributed by atoms with Crippen molar-refractivity contribution in [1.29, 1.82) is 0 Å². The van der Waals surface area contributed by atoms with Gasteiger partial charge in [0.15, 0.2) is 0 Å². The third kappa shape index (κ3) is 5.86. The van der Waals surface area contributed by atoms with Crippen LogP contribution in [-0.2, 0) is 4.79 Å². The van der Waals surface area contributed by atoms with Crippen LogP contribution in [0.15, 0.2) is 0 Å². The highest BCUT2D eigenvalue weighted by molar-refractivity contribution is 5.73. The van der Waals surface area contributed by atoms with Crippen molar-refractivity contribution in [3.63, 3.8) is 0 Å². The Balaban J connectivity index is 2.04. The number of carboxylic acids is 1. The summed E-state index contributed by atoms with van der Waals surface area (Å²) in [5.41, 5.74) is 2.80. The van der Waals surface area contributed by atoms with Crippen LogP contribution >= 0.6 is 0 Å². The van der Waals surface area contributed by atoms with Crippen molar-refractivity contribution in [3.05, 3.63) is 0 Å². The molecule has 0 aliphatic carbocycles. The first kappa shape index (κ1) is 14.8. The zero-order chi connectivity index (χ0) is 13.4. The number of carbonyl (C=O) groups is 2. The van der Waals surface area contributed by atoms with E-state index in [0.717, 1.165) is 25.9 Å². The summed E-state index contributed by atoms with van der Waals surface area (Å²) in [5, 5.41) is 13.4. The third-order valence-electron chi connectivity index (χ3n) is 3.14. The number of piperidine rings is 1. The zero-order valence-electron chi connectivity index (χ0n) is 10.9. The molecular formula is C12H23N3O3. The highest BCUT2D eigenvalue weighted by atomic mass is 16.4. The van der Waals surface area contributed by atoms with Gasteiger partial charge in [-0.1, -0.05) is 13.3 Å². The van der Waals surface area contributed by atoms with E-state index in [-0.39, 0.29) is 11.9 Å². The lowest BCUT2D eigenvalue weighted by molar-refractivity contribution is -0.141.